The summed E-state index contributed by atoms with van der Waals surface area (Å²) in [6, 6.07) is 5.77. The average molecular weight is 374 g/mol. The Kier molecular flexibility index (Phi) is 4.70. The zero-order chi connectivity index (χ0) is 16.3. The molecule has 8 heteroatoms. The number of rotatable bonds is 4. The number of benzene rings is 1. The first-order chi connectivity index (χ1) is 10.3. The highest BCUT2D eigenvalue weighted by atomic mass is 79.9. The van der Waals surface area contributed by atoms with E-state index in [-0.39, 0.29) is 12.4 Å². The first-order valence-electron chi connectivity index (χ1n) is 6.13. The molecule has 3 N–H and O–H groups in total. The number of alkyl halides is 2. The molecule has 4 nitrogen and oxygen atoms in total. The first-order valence-corrected chi connectivity index (χ1v) is 6.92. The van der Waals surface area contributed by atoms with Gasteiger partial charge < -0.3 is 11.1 Å². The van der Waals surface area contributed by atoms with Crippen molar-refractivity contribution in [1.82, 2.24) is 10.3 Å². The van der Waals surface area contributed by atoms with E-state index in [9.17, 15) is 18.0 Å². The highest BCUT2D eigenvalue weighted by molar-refractivity contribution is 9.10. The average Bonchev–Trinajstić information content (AvgIpc) is 2.48. The van der Waals surface area contributed by atoms with Gasteiger partial charge in [-0.05, 0) is 34.1 Å². The summed E-state index contributed by atoms with van der Waals surface area (Å²) in [4.78, 5) is 15.5. The van der Waals surface area contributed by atoms with Crippen LogP contribution in [0.2, 0.25) is 0 Å². The molecule has 2 rings (SSSR count). The molecule has 0 atom stereocenters. The summed E-state index contributed by atoms with van der Waals surface area (Å²) in [5, 5.41) is 2.04. The maximum absolute atomic E-state index is 14.0. The molecule has 0 fully saturated rings. The minimum Gasteiger partial charge on any atom is -0.383 e. The van der Waals surface area contributed by atoms with Crippen LogP contribution in [-0.4, -0.2) is 10.9 Å². The van der Waals surface area contributed by atoms with Crippen LogP contribution in [0.3, 0.4) is 0 Å². The van der Waals surface area contributed by atoms with Crippen molar-refractivity contribution in [3.63, 3.8) is 0 Å². The topological polar surface area (TPSA) is 68.0 Å². The van der Waals surface area contributed by atoms with Crippen molar-refractivity contribution >= 4 is 27.7 Å². The first kappa shape index (κ1) is 16.3. The van der Waals surface area contributed by atoms with Crippen LogP contribution in [0.4, 0.5) is 19.0 Å². The maximum atomic E-state index is 14.0. The minimum absolute atomic E-state index is 0.109. The molecule has 0 radical (unpaired) electrons. The molecule has 0 saturated heterocycles. The van der Waals surface area contributed by atoms with Gasteiger partial charge in [0.1, 0.15) is 11.6 Å². The monoisotopic (exact) mass is 373 g/mol. The van der Waals surface area contributed by atoms with E-state index in [2.05, 4.69) is 20.9 Å². The summed E-state index contributed by atoms with van der Waals surface area (Å²) < 4.78 is 42.0. The van der Waals surface area contributed by atoms with Gasteiger partial charge in [0.15, 0.2) is 0 Å². The lowest BCUT2D eigenvalue weighted by atomic mass is 10.1. The Balaban J connectivity index is 2.15. The second-order valence-corrected chi connectivity index (χ2v) is 5.35. The number of carbonyl (C=O) groups is 1. The van der Waals surface area contributed by atoms with Gasteiger partial charge in [0.25, 0.3) is 5.91 Å². The molecule has 116 valence electrons. The smallest absolute Gasteiger partial charge is 0.352 e. The zero-order valence-electron chi connectivity index (χ0n) is 11.1. The SMILES string of the molecule is Nc1ncc(Br)cc1CNC(=O)C(F)(F)c1ccccc1F. The number of aromatic nitrogens is 1. The Labute approximate surface area is 132 Å². The lowest BCUT2D eigenvalue weighted by Gasteiger charge is -2.17. The molecule has 0 spiro atoms. The number of carbonyl (C=O) groups excluding carboxylic acids is 1. The number of halogens is 4. The van der Waals surface area contributed by atoms with E-state index in [1.165, 1.54) is 18.3 Å². The minimum atomic E-state index is -3.99. The molecule has 1 amide bonds. The van der Waals surface area contributed by atoms with Gasteiger partial charge in [-0.1, -0.05) is 12.1 Å². The van der Waals surface area contributed by atoms with E-state index in [1.54, 1.807) is 6.07 Å². The van der Waals surface area contributed by atoms with Crippen molar-refractivity contribution in [1.29, 1.82) is 0 Å². The Bertz CT molecular complexity index is 709. The van der Waals surface area contributed by atoms with Crippen molar-refractivity contribution in [3.8, 4) is 0 Å². The summed E-state index contributed by atoms with van der Waals surface area (Å²) in [6.45, 7) is -0.249. The van der Waals surface area contributed by atoms with Gasteiger partial charge in [-0.2, -0.15) is 8.78 Å². The summed E-state index contributed by atoms with van der Waals surface area (Å²) in [6.07, 6.45) is 1.44. The number of nitrogens with one attached hydrogen (secondary N) is 1. The van der Waals surface area contributed by atoms with Crippen molar-refractivity contribution in [2.45, 2.75) is 12.5 Å². The fourth-order valence-electron chi connectivity index (χ4n) is 1.76. The van der Waals surface area contributed by atoms with Crippen molar-refractivity contribution in [3.05, 3.63) is 57.9 Å². The second kappa shape index (κ2) is 6.35. The Hall–Kier alpha value is -2.09. The molecule has 1 aromatic heterocycles. The largest absolute Gasteiger partial charge is 0.383 e. The second-order valence-electron chi connectivity index (χ2n) is 4.43. The van der Waals surface area contributed by atoms with Gasteiger partial charge in [-0.15, -0.1) is 0 Å². The molecule has 0 aliphatic rings. The number of amides is 1. The van der Waals surface area contributed by atoms with Gasteiger partial charge in [0, 0.05) is 22.8 Å². The molecule has 0 bridgehead atoms. The van der Waals surface area contributed by atoms with E-state index >= 15 is 0 Å². The van der Waals surface area contributed by atoms with Crippen LogP contribution < -0.4 is 11.1 Å². The summed E-state index contributed by atoms with van der Waals surface area (Å²) in [5.74, 6) is -6.64. The van der Waals surface area contributed by atoms with Crippen LogP contribution in [-0.2, 0) is 17.3 Å². The van der Waals surface area contributed by atoms with Crippen LogP contribution in [0.1, 0.15) is 11.1 Å². The van der Waals surface area contributed by atoms with E-state index < -0.39 is 23.2 Å². The van der Waals surface area contributed by atoms with Gasteiger partial charge >= 0.3 is 5.92 Å². The zero-order valence-corrected chi connectivity index (χ0v) is 12.7. The summed E-state index contributed by atoms with van der Waals surface area (Å²) >= 11 is 3.16. The molecule has 1 aromatic carbocycles. The van der Waals surface area contributed by atoms with Crippen LogP contribution >= 0.6 is 15.9 Å². The van der Waals surface area contributed by atoms with Gasteiger partial charge in [-0.3, -0.25) is 4.79 Å². The Morgan fingerprint density at radius 1 is 1.36 bits per heavy atom. The predicted molar refractivity (Wildman–Crippen MR) is 78.5 cm³/mol. The fourth-order valence-corrected chi connectivity index (χ4v) is 2.14. The Morgan fingerprint density at radius 2 is 2.05 bits per heavy atom. The van der Waals surface area contributed by atoms with Gasteiger partial charge in [-0.25, -0.2) is 9.37 Å². The number of nitrogens with two attached hydrogens (primary N) is 1. The van der Waals surface area contributed by atoms with E-state index in [4.69, 9.17) is 5.73 Å². The maximum Gasteiger partial charge on any atom is 0.352 e. The number of anilines is 1. The van der Waals surface area contributed by atoms with Crippen molar-refractivity contribution < 1.29 is 18.0 Å². The van der Waals surface area contributed by atoms with Crippen LogP contribution in [0, 0.1) is 5.82 Å². The molecule has 0 saturated carbocycles. The number of hydrogen-bond acceptors (Lipinski definition) is 3. The van der Waals surface area contributed by atoms with Crippen LogP contribution in [0.15, 0.2) is 41.0 Å². The standard InChI is InChI=1S/C14H11BrF3N3O/c15-9-5-8(12(19)20-7-9)6-21-13(22)14(17,18)10-3-1-2-4-11(10)16/h1-5,7H,6H2,(H2,19,20)(H,21,22). The molecule has 22 heavy (non-hydrogen) atoms. The quantitative estimate of drug-likeness (QED) is 0.865. The third-order valence-electron chi connectivity index (χ3n) is 2.90. The molecule has 2 aromatic rings. The summed E-state index contributed by atoms with van der Waals surface area (Å²) in [7, 11) is 0. The summed E-state index contributed by atoms with van der Waals surface area (Å²) in [5.41, 5.74) is 4.98. The van der Waals surface area contributed by atoms with E-state index in [0.717, 1.165) is 12.1 Å². The molecule has 1 heterocycles. The molecule has 0 aliphatic carbocycles. The normalized spacial score (nSPS) is 11.3. The van der Waals surface area contributed by atoms with Crippen molar-refractivity contribution in [2.75, 3.05) is 5.73 Å². The fraction of sp³-hybridized carbons (Fsp3) is 0.143. The highest BCUT2D eigenvalue weighted by Gasteiger charge is 2.42. The lowest BCUT2D eigenvalue weighted by Crippen LogP contribution is -2.38. The number of nitrogens with zero attached hydrogens (tertiary/aromatic N) is 1. The van der Waals surface area contributed by atoms with Crippen LogP contribution in [0.25, 0.3) is 0 Å². The van der Waals surface area contributed by atoms with Crippen LogP contribution in [0.5, 0.6) is 0 Å². The molecule has 0 unspecified atom stereocenters. The molecular weight excluding hydrogens is 363 g/mol. The van der Waals surface area contributed by atoms with Gasteiger partial charge in [0.2, 0.25) is 0 Å². The predicted octanol–water partition coefficient (Wildman–Crippen LogP) is 2.97. The Morgan fingerprint density at radius 3 is 2.73 bits per heavy atom. The van der Waals surface area contributed by atoms with E-state index in [1.807, 2.05) is 5.32 Å². The highest BCUT2D eigenvalue weighted by Crippen LogP contribution is 2.30. The van der Waals surface area contributed by atoms with Gasteiger partial charge in [0.05, 0.1) is 5.56 Å². The van der Waals surface area contributed by atoms with E-state index in [0.29, 0.717) is 10.0 Å². The third-order valence-corrected chi connectivity index (χ3v) is 3.34. The third kappa shape index (κ3) is 3.38. The lowest BCUT2D eigenvalue weighted by molar-refractivity contribution is -0.147. The van der Waals surface area contributed by atoms with Crippen molar-refractivity contribution in [2.24, 2.45) is 0 Å². The number of nitrogen functional groups attached to an aromatic ring is 1. The molecule has 0 aliphatic heterocycles. The number of hydrogen-bond donors (Lipinski definition) is 2. The number of pyridine rings is 1. The molecular formula is C14H11BrF3N3O.